The van der Waals surface area contributed by atoms with Crippen LogP contribution in [0.3, 0.4) is 0 Å². The maximum absolute atomic E-state index is 14.2. The molecule has 0 atom stereocenters. The highest BCUT2D eigenvalue weighted by molar-refractivity contribution is 7.80. The van der Waals surface area contributed by atoms with Gasteiger partial charge in [0.25, 0.3) is 11.8 Å². The zero-order chi connectivity index (χ0) is 24.2. The smallest absolute Gasteiger partial charge is 0.335 e. The van der Waals surface area contributed by atoms with Gasteiger partial charge < -0.3 is 9.84 Å². The van der Waals surface area contributed by atoms with Crippen molar-refractivity contribution in [2.24, 2.45) is 0 Å². The molecular formula is C25H17FN2O5S. The van der Waals surface area contributed by atoms with E-state index in [1.807, 2.05) is 0 Å². The Morgan fingerprint density at radius 2 is 1.79 bits per heavy atom. The molecule has 1 fully saturated rings. The monoisotopic (exact) mass is 476 g/mol. The molecule has 2 N–H and O–H groups in total. The van der Waals surface area contributed by atoms with Crippen LogP contribution in [-0.2, 0) is 16.2 Å². The predicted octanol–water partition coefficient (Wildman–Crippen LogP) is 3.93. The number of amides is 2. The molecule has 0 aromatic heterocycles. The minimum Gasteiger partial charge on any atom is -0.489 e. The van der Waals surface area contributed by atoms with Crippen molar-refractivity contribution in [3.05, 3.63) is 101 Å². The third-order valence-corrected chi connectivity index (χ3v) is 5.25. The average Bonchev–Trinajstić information content (AvgIpc) is 2.82. The molecule has 4 rings (SSSR count). The van der Waals surface area contributed by atoms with Gasteiger partial charge in [0.05, 0.1) is 11.3 Å². The van der Waals surface area contributed by atoms with Crippen LogP contribution in [0.5, 0.6) is 5.75 Å². The summed E-state index contributed by atoms with van der Waals surface area (Å²) in [4.78, 5) is 37.4. The molecule has 1 saturated heterocycles. The van der Waals surface area contributed by atoms with Crippen molar-refractivity contribution < 1.29 is 28.6 Å². The predicted molar refractivity (Wildman–Crippen MR) is 127 cm³/mol. The third kappa shape index (κ3) is 4.84. The molecule has 0 radical (unpaired) electrons. The van der Waals surface area contributed by atoms with Gasteiger partial charge in [-0.1, -0.05) is 36.4 Å². The largest absolute Gasteiger partial charge is 0.489 e. The number of nitrogens with zero attached hydrogens (tertiary/aromatic N) is 1. The number of carboxylic acids is 1. The number of para-hydroxylation sites is 1. The second-order valence-electron chi connectivity index (χ2n) is 7.27. The average molecular weight is 476 g/mol. The van der Waals surface area contributed by atoms with Crippen LogP contribution in [-0.4, -0.2) is 28.0 Å². The quantitative estimate of drug-likeness (QED) is 0.318. The Morgan fingerprint density at radius 3 is 2.50 bits per heavy atom. The number of hydrogen-bond donors (Lipinski definition) is 2. The summed E-state index contributed by atoms with van der Waals surface area (Å²) in [6, 6.07) is 18.7. The van der Waals surface area contributed by atoms with Crippen molar-refractivity contribution in [3.8, 4) is 5.75 Å². The number of carbonyl (C=O) groups excluding carboxylic acids is 2. The summed E-state index contributed by atoms with van der Waals surface area (Å²) in [6.07, 6.45) is 1.38. The van der Waals surface area contributed by atoms with Crippen LogP contribution in [0.2, 0.25) is 0 Å². The Labute approximate surface area is 199 Å². The molecule has 0 saturated carbocycles. The van der Waals surface area contributed by atoms with Crippen LogP contribution in [0.25, 0.3) is 6.08 Å². The molecule has 1 heterocycles. The molecule has 1 aliphatic heterocycles. The summed E-state index contributed by atoms with van der Waals surface area (Å²) in [7, 11) is 0. The van der Waals surface area contributed by atoms with Gasteiger partial charge in [0.1, 0.15) is 23.7 Å². The summed E-state index contributed by atoms with van der Waals surface area (Å²) in [5.74, 6) is -2.57. The van der Waals surface area contributed by atoms with Crippen LogP contribution >= 0.6 is 12.2 Å². The lowest BCUT2D eigenvalue weighted by atomic mass is 10.1. The molecule has 34 heavy (non-hydrogen) atoms. The van der Waals surface area contributed by atoms with Crippen LogP contribution in [0.1, 0.15) is 21.5 Å². The lowest BCUT2D eigenvalue weighted by Gasteiger charge is -2.29. The Hall–Kier alpha value is -4.37. The highest BCUT2D eigenvalue weighted by Crippen LogP contribution is 2.25. The van der Waals surface area contributed by atoms with Crippen LogP contribution in [0.4, 0.5) is 10.1 Å². The fourth-order valence-corrected chi connectivity index (χ4v) is 3.57. The number of halogens is 1. The summed E-state index contributed by atoms with van der Waals surface area (Å²) in [6.45, 7) is 0.164. The van der Waals surface area contributed by atoms with Gasteiger partial charge in [0, 0.05) is 0 Å². The molecule has 7 nitrogen and oxygen atoms in total. The first-order chi connectivity index (χ1) is 16.3. The van der Waals surface area contributed by atoms with Gasteiger partial charge in [-0.25, -0.2) is 14.1 Å². The van der Waals surface area contributed by atoms with E-state index in [0.717, 1.165) is 4.90 Å². The van der Waals surface area contributed by atoms with E-state index >= 15 is 0 Å². The molecule has 9 heteroatoms. The number of hydrogen-bond acceptors (Lipinski definition) is 5. The lowest BCUT2D eigenvalue weighted by Crippen LogP contribution is -2.54. The maximum atomic E-state index is 14.2. The Bertz CT molecular complexity index is 1340. The van der Waals surface area contributed by atoms with Crippen LogP contribution in [0, 0.1) is 5.82 Å². The SMILES string of the molecule is O=C1NC(=S)N(c2ccccc2F)C(=O)/C1=C\c1ccc(OCc2cccc(C(=O)O)c2)cc1. The van der Waals surface area contributed by atoms with Crippen molar-refractivity contribution in [2.45, 2.75) is 6.61 Å². The molecule has 3 aromatic rings. The summed E-state index contributed by atoms with van der Waals surface area (Å²) in [5, 5.41) is 11.3. The van der Waals surface area contributed by atoms with Gasteiger partial charge in [0.15, 0.2) is 5.11 Å². The molecule has 2 amide bonds. The highest BCUT2D eigenvalue weighted by atomic mass is 32.1. The van der Waals surface area contributed by atoms with E-state index in [-0.39, 0.29) is 28.5 Å². The third-order valence-electron chi connectivity index (χ3n) is 4.97. The first-order valence-corrected chi connectivity index (χ1v) is 10.5. The van der Waals surface area contributed by atoms with Crippen molar-refractivity contribution in [3.63, 3.8) is 0 Å². The molecule has 170 valence electrons. The van der Waals surface area contributed by atoms with E-state index in [2.05, 4.69) is 5.32 Å². The van der Waals surface area contributed by atoms with Gasteiger partial charge in [-0.15, -0.1) is 0 Å². The van der Waals surface area contributed by atoms with Crippen LogP contribution in [0.15, 0.2) is 78.4 Å². The molecule has 0 aliphatic carbocycles. The second-order valence-corrected chi connectivity index (χ2v) is 7.66. The van der Waals surface area contributed by atoms with E-state index < -0.39 is 23.6 Å². The van der Waals surface area contributed by atoms with Gasteiger partial charge in [-0.3, -0.25) is 14.9 Å². The number of aromatic carboxylic acids is 1. The molecule has 0 spiro atoms. The first kappa shape index (κ1) is 22.8. The van der Waals surface area contributed by atoms with E-state index in [1.54, 1.807) is 42.5 Å². The summed E-state index contributed by atoms with van der Waals surface area (Å²) < 4.78 is 19.9. The number of nitrogens with one attached hydrogen (secondary N) is 1. The zero-order valence-corrected chi connectivity index (χ0v) is 18.3. The van der Waals surface area contributed by atoms with E-state index in [0.29, 0.717) is 16.9 Å². The van der Waals surface area contributed by atoms with Crippen LogP contribution < -0.4 is 15.0 Å². The number of benzene rings is 3. The van der Waals surface area contributed by atoms with E-state index in [1.165, 1.54) is 36.4 Å². The molecule has 0 unspecified atom stereocenters. The zero-order valence-electron chi connectivity index (χ0n) is 17.5. The number of anilines is 1. The number of carbonyl (C=O) groups is 3. The minimum atomic E-state index is -1.02. The molecule has 3 aromatic carbocycles. The van der Waals surface area contributed by atoms with Crippen molar-refractivity contribution in [2.75, 3.05) is 4.90 Å². The summed E-state index contributed by atoms with van der Waals surface area (Å²) in [5.41, 5.74) is 1.15. The molecule has 1 aliphatic rings. The maximum Gasteiger partial charge on any atom is 0.335 e. The fraction of sp³-hybridized carbons (Fsp3) is 0.0400. The van der Waals surface area contributed by atoms with Crippen molar-refractivity contribution in [1.82, 2.24) is 5.32 Å². The topological polar surface area (TPSA) is 95.9 Å². The number of thiocarbonyl (C=S) groups is 1. The van der Waals surface area contributed by atoms with Gasteiger partial charge in [-0.05, 0) is 65.8 Å². The lowest BCUT2D eigenvalue weighted by molar-refractivity contribution is -0.122. The van der Waals surface area contributed by atoms with Gasteiger partial charge in [0.2, 0.25) is 0 Å². The van der Waals surface area contributed by atoms with Gasteiger partial charge >= 0.3 is 5.97 Å². The molecule has 0 bridgehead atoms. The molecular weight excluding hydrogens is 459 g/mol. The Balaban J connectivity index is 1.51. The van der Waals surface area contributed by atoms with Crippen molar-refractivity contribution in [1.29, 1.82) is 0 Å². The highest BCUT2D eigenvalue weighted by Gasteiger charge is 2.35. The minimum absolute atomic E-state index is 0.0564. The Kier molecular flexibility index (Phi) is 6.46. The number of ether oxygens (including phenoxy) is 1. The Morgan fingerprint density at radius 1 is 1.06 bits per heavy atom. The number of rotatable bonds is 6. The fourth-order valence-electron chi connectivity index (χ4n) is 3.30. The summed E-state index contributed by atoms with van der Waals surface area (Å²) >= 11 is 5.08. The van der Waals surface area contributed by atoms with Gasteiger partial charge in [-0.2, -0.15) is 0 Å². The van der Waals surface area contributed by atoms with E-state index in [9.17, 15) is 18.8 Å². The number of carboxylic acid groups (broad SMARTS) is 1. The normalized spacial score (nSPS) is 14.8. The first-order valence-electron chi connectivity index (χ1n) is 10.0. The second kappa shape index (κ2) is 9.63. The standard InChI is InChI=1S/C25H17FN2O5S/c26-20-6-1-2-7-21(20)28-23(30)19(22(29)27-25(28)34)13-15-8-10-18(11-9-15)33-14-16-4-3-5-17(12-16)24(31)32/h1-13H,14H2,(H,31,32)(H,27,29,34)/b19-13-. The van der Waals surface area contributed by atoms with Crippen molar-refractivity contribution >= 4 is 46.9 Å². The van der Waals surface area contributed by atoms with E-state index in [4.69, 9.17) is 22.1 Å².